The summed E-state index contributed by atoms with van der Waals surface area (Å²) in [5.74, 6) is -0.176. The zero-order valence-corrected chi connectivity index (χ0v) is 17.6. The van der Waals surface area contributed by atoms with E-state index in [4.69, 9.17) is 0 Å². The van der Waals surface area contributed by atoms with Gasteiger partial charge in [-0.15, -0.1) is 0 Å². The SMILES string of the molecule is Cc1ccc(N(CC(=O)N(C)C2CCCC2)S(=O)(=O)c2ccccc2)cc1C. The maximum absolute atomic E-state index is 13.4. The number of benzene rings is 2. The molecular weight excluding hydrogens is 372 g/mol. The topological polar surface area (TPSA) is 57.7 Å². The lowest BCUT2D eigenvalue weighted by Gasteiger charge is -2.29. The molecule has 1 fully saturated rings. The number of anilines is 1. The Labute approximate surface area is 168 Å². The number of aryl methyl sites for hydroxylation is 2. The highest BCUT2D eigenvalue weighted by Gasteiger charge is 2.30. The number of likely N-dealkylation sites (N-methyl/N-ethyl adjacent to an activating group) is 1. The van der Waals surface area contributed by atoms with Gasteiger partial charge in [-0.05, 0) is 62.1 Å². The first-order valence-electron chi connectivity index (χ1n) is 9.71. The van der Waals surface area contributed by atoms with E-state index in [1.54, 1.807) is 48.3 Å². The van der Waals surface area contributed by atoms with Crippen LogP contribution >= 0.6 is 0 Å². The third kappa shape index (κ3) is 4.22. The average molecular weight is 401 g/mol. The molecule has 0 atom stereocenters. The molecule has 3 rings (SSSR count). The zero-order valence-electron chi connectivity index (χ0n) is 16.8. The van der Waals surface area contributed by atoms with Gasteiger partial charge in [-0.25, -0.2) is 8.42 Å². The van der Waals surface area contributed by atoms with E-state index in [0.717, 1.165) is 36.8 Å². The van der Waals surface area contributed by atoms with Gasteiger partial charge in [0.1, 0.15) is 6.54 Å². The van der Waals surface area contributed by atoms with Crippen molar-refractivity contribution in [3.05, 3.63) is 59.7 Å². The Kier molecular flexibility index (Phi) is 6.08. The number of sulfonamides is 1. The fourth-order valence-electron chi connectivity index (χ4n) is 3.65. The fraction of sp³-hybridized carbons (Fsp3) is 0.409. The third-order valence-corrected chi connectivity index (χ3v) is 7.44. The van der Waals surface area contributed by atoms with E-state index < -0.39 is 10.0 Å². The molecule has 5 nitrogen and oxygen atoms in total. The molecular formula is C22H28N2O3S. The largest absolute Gasteiger partial charge is 0.341 e. The van der Waals surface area contributed by atoms with Crippen LogP contribution in [0.4, 0.5) is 5.69 Å². The van der Waals surface area contributed by atoms with E-state index in [-0.39, 0.29) is 23.4 Å². The lowest BCUT2D eigenvalue weighted by molar-refractivity contribution is -0.130. The summed E-state index contributed by atoms with van der Waals surface area (Å²) in [5.41, 5.74) is 2.58. The van der Waals surface area contributed by atoms with Gasteiger partial charge in [0.25, 0.3) is 10.0 Å². The lowest BCUT2D eigenvalue weighted by Crippen LogP contribution is -2.44. The molecule has 0 radical (unpaired) electrons. The minimum Gasteiger partial charge on any atom is -0.341 e. The Bertz CT molecular complexity index is 936. The van der Waals surface area contributed by atoms with Crippen molar-refractivity contribution >= 4 is 21.6 Å². The minimum atomic E-state index is -3.85. The molecule has 150 valence electrons. The summed E-state index contributed by atoms with van der Waals surface area (Å²) in [6, 6.07) is 14.0. The van der Waals surface area contributed by atoms with E-state index in [1.807, 2.05) is 26.0 Å². The zero-order chi connectivity index (χ0) is 20.3. The van der Waals surface area contributed by atoms with Crippen molar-refractivity contribution in [3.63, 3.8) is 0 Å². The van der Waals surface area contributed by atoms with Crippen LogP contribution in [0, 0.1) is 13.8 Å². The predicted octanol–water partition coefficient (Wildman–Crippen LogP) is 3.90. The van der Waals surface area contributed by atoms with Gasteiger partial charge in [0.15, 0.2) is 0 Å². The van der Waals surface area contributed by atoms with Crippen molar-refractivity contribution in [1.82, 2.24) is 4.90 Å². The Morgan fingerprint density at radius 2 is 1.64 bits per heavy atom. The number of hydrogen-bond donors (Lipinski definition) is 0. The van der Waals surface area contributed by atoms with E-state index in [2.05, 4.69) is 0 Å². The third-order valence-electron chi connectivity index (χ3n) is 5.65. The summed E-state index contributed by atoms with van der Waals surface area (Å²) in [6.45, 7) is 3.72. The van der Waals surface area contributed by atoms with Gasteiger partial charge in [-0.1, -0.05) is 37.1 Å². The first-order chi connectivity index (χ1) is 13.3. The molecule has 0 spiro atoms. The van der Waals surface area contributed by atoms with Crippen molar-refractivity contribution in [2.75, 3.05) is 17.9 Å². The molecule has 1 amide bonds. The molecule has 0 N–H and O–H groups in total. The molecule has 0 heterocycles. The molecule has 0 aromatic heterocycles. The lowest BCUT2D eigenvalue weighted by atomic mass is 10.1. The molecule has 6 heteroatoms. The number of carbonyl (C=O) groups excluding carboxylic acids is 1. The quantitative estimate of drug-likeness (QED) is 0.739. The summed E-state index contributed by atoms with van der Waals surface area (Å²) in [7, 11) is -2.07. The van der Waals surface area contributed by atoms with Crippen LogP contribution in [0.15, 0.2) is 53.4 Å². The Morgan fingerprint density at radius 1 is 1.00 bits per heavy atom. The van der Waals surface area contributed by atoms with Crippen molar-refractivity contribution in [2.45, 2.75) is 50.5 Å². The molecule has 28 heavy (non-hydrogen) atoms. The van der Waals surface area contributed by atoms with Crippen molar-refractivity contribution < 1.29 is 13.2 Å². The Balaban J connectivity index is 1.97. The molecule has 1 saturated carbocycles. The normalized spacial score (nSPS) is 14.8. The highest BCUT2D eigenvalue weighted by molar-refractivity contribution is 7.92. The summed E-state index contributed by atoms with van der Waals surface area (Å²) in [4.78, 5) is 14.9. The number of rotatable bonds is 6. The van der Waals surface area contributed by atoms with Crippen molar-refractivity contribution in [1.29, 1.82) is 0 Å². The minimum absolute atomic E-state index is 0.176. The van der Waals surface area contributed by atoms with Gasteiger partial charge >= 0.3 is 0 Å². The molecule has 0 aliphatic heterocycles. The molecule has 1 aliphatic rings. The average Bonchev–Trinajstić information content (AvgIpc) is 3.23. The predicted molar refractivity (Wildman–Crippen MR) is 112 cm³/mol. The summed E-state index contributed by atoms with van der Waals surface area (Å²) < 4.78 is 28.0. The van der Waals surface area contributed by atoms with Crippen LogP contribution in [-0.4, -0.2) is 38.9 Å². The first kappa shape index (κ1) is 20.4. The van der Waals surface area contributed by atoms with E-state index >= 15 is 0 Å². The second-order valence-electron chi connectivity index (χ2n) is 7.54. The molecule has 0 unspecified atom stereocenters. The highest BCUT2D eigenvalue weighted by atomic mass is 32.2. The molecule has 2 aromatic rings. The monoisotopic (exact) mass is 400 g/mol. The molecule has 0 bridgehead atoms. The maximum Gasteiger partial charge on any atom is 0.264 e. The molecule has 1 aliphatic carbocycles. The second-order valence-corrected chi connectivity index (χ2v) is 9.40. The van der Waals surface area contributed by atoms with Gasteiger partial charge in [0.05, 0.1) is 10.6 Å². The van der Waals surface area contributed by atoms with Crippen LogP contribution in [0.5, 0.6) is 0 Å². The van der Waals surface area contributed by atoms with Gasteiger partial charge < -0.3 is 4.90 Å². The van der Waals surface area contributed by atoms with Gasteiger partial charge in [0, 0.05) is 13.1 Å². The summed E-state index contributed by atoms with van der Waals surface area (Å²) in [6.07, 6.45) is 4.20. The van der Waals surface area contributed by atoms with Crippen molar-refractivity contribution in [2.24, 2.45) is 0 Å². The van der Waals surface area contributed by atoms with Crippen molar-refractivity contribution in [3.8, 4) is 0 Å². The van der Waals surface area contributed by atoms with E-state index in [9.17, 15) is 13.2 Å². The summed E-state index contributed by atoms with van der Waals surface area (Å²) >= 11 is 0. The molecule has 2 aromatic carbocycles. The Morgan fingerprint density at radius 3 is 2.25 bits per heavy atom. The van der Waals surface area contributed by atoms with Crippen LogP contribution < -0.4 is 4.31 Å². The number of carbonyl (C=O) groups is 1. The highest BCUT2D eigenvalue weighted by Crippen LogP contribution is 2.27. The Hall–Kier alpha value is -2.34. The summed E-state index contributed by atoms with van der Waals surface area (Å²) in [5, 5.41) is 0. The number of nitrogens with zero attached hydrogens (tertiary/aromatic N) is 2. The van der Waals surface area contributed by atoms with Crippen LogP contribution in [0.2, 0.25) is 0 Å². The maximum atomic E-state index is 13.4. The van der Waals surface area contributed by atoms with E-state index in [0.29, 0.717) is 5.69 Å². The smallest absolute Gasteiger partial charge is 0.264 e. The fourth-order valence-corrected chi connectivity index (χ4v) is 5.07. The van der Waals surface area contributed by atoms with Gasteiger partial charge in [-0.2, -0.15) is 0 Å². The number of amides is 1. The van der Waals surface area contributed by atoms with Crippen LogP contribution in [0.3, 0.4) is 0 Å². The first-order valence-corrected chi connectivity index (χ1v) is 11.2. The van der Waals surface area contributed by atoms with E-state index in [1.165, 1.54) is 4.31 Å². The van der Waals surface area contributed by atoms with Gasteiger partial charge in [0.2, 0.25) is 5.91 Å². The second kappa shape index (κ2) is 8.35. The standard InChI is InChI=1S/C22H28N2O3S/c1-17-13-14-20(15-18(17)2)24(28(26,27)21-11-5-4-6-12-21)16-22(25)23(3)19-9-7-8-10-19/h4-6,11-15,19H,7-10,16H2,1-3H3. The van der Waals surface area contributed by atoms with Crippen LogP contribution in [0.1, 0.15) is 36.8 Å². The van der Waals surface area contributed by atoms with Crippen LogP contribution in [-0.2, 0) is 14.8 Å². The van der Waals surface area contributed by atoms with Gasteiger partial charge in [-0.3, -0.25) is 9.10 Å². The molecule has 0 saturated heterocycles. The number of hydrogen-bond acceptors (Lipinski definition) is 3. The van der Waals surface area contributed by atoms with Crippen LogP contribution in [0.25, 0.3) is 0 Å².